The van der Waals surface area contributed by atoms with E-state index in [0.717, 1.165) is 30.9 Å². The van der Waals surface area contributed by atoms with E-state index in [1.165, 1.54) is 38.5 Å². The van der Waals surface area contributed by atoms with Crippen molar-refractivity contribution in [3.05, 3.63) is 35.1 Å². The summed E-state index contributed by atoms with van der Waals surface area (Å²) in [5.74, 6) is -3.76. The first-order valence-electron chi connectivity index (χ1n) is 11.9. The highest BCUT2D eigenvalue weighted by atomic mass is 19.2. The zero-order valence-electron chi connectivity index (χ0n) is 18.7. The molecule has 2 fully saturated rings. The quantitative estimate of drug-likeness (QED) is 0.355. The second kappa shape index (κ2) is 9.28. The minimum absolute atomic E-state index is 0.0597. The smallest absolute Gasteiger partial charge is 0.194 e. The zero-order chi connectivity index (χ0) is 21.2. The molecule has 2 saturated carbocycles. The van der Waals surface area contributed by atoms with Crippen LogP contribution in [0.15, 0.2) is 12.1 Å². The van der Waals surface area contributed by atoms with Crippen LogP contribution >= 0.6 is 0 Å². The molecule has 1 aromatic rings. The number of unbranched alkanes of at least 4 members (excludes halogenated alkanes) is 2. The Bertz CT molecular complexity index is 663. The summed E-state index contributed by atoms with van der Waals surface area (Å²) in [6.07, 6.45) is 7.99. The highest BCUT2D eigenvalue weighted by Crippen LogP contribution is 2.44. The first kappa shape index (κ1) is 16.0. The number of hydrogen-bond acceptors (Lipinski definition) is 0. The average molecular weight is 370 g/mol. The Kier molecular flexibility index (Phi) is 5.71. The monoisotopic (exact) mass is 369 g/mol. The molecule has 0 bridgehead atoms. The van der Waals surface area contributed by atoms with Crippen LogP contribution in [0.3, 0.4) is 0 Å². The number of halogens is 3. The van der Waals surface area contributed by atoms with Gasteiger partial charge in [-0.15, -0.1) is 0 Å². The van der Waals surface area contributed by atoms with Gasteiger partial charge in [0.2, 0.25) is 0 Å². The van der Waals surface area contributed by atoms with E-state index >= 15 is 0 Å². The van der Waals surface area contributed by atoms with Gasteiger partial charge < -0.3 is 0 Å². The van der Waals surface area contributed by atoms with E-state index in [2.05, 4.69) is 6.92 Å². The molecule has 0 N–H and O–H groups in total. The summed E-state index contributed by atoms with van der Waals surface area (Å²) < 4.78 is 66.3. The van der Waals surface area contributed by atoms with Crippen molar-refractivity contribution in [2.24, 2.45) is 17.8 Å². The second-order valence-electron chi connectivity index (χ2n) is 8.19. The third-order valence-electron chi connectivity index (χ3n) is 6.41. The largest absolute Gasteiger partial charge is 0.204 e. The Labute approximate surface area is 160 Å². The van der Waals surface area contributed by atoms with E-state index in [0.29, 0.717) is 18.8 Å². The van der Waals surface area contributed by atoms with Gasteiger partial charge in [-0.25, -0.2) is 13.2 Å². The summed E-state index contributed by atoms with van der Waals surface area (Å²) >= 11 is 0. The molecule has 0 aromatic heterocycles. The van der Waals surface area contributed by atoms with Crippen molar-refractivity contribution in [1.29, 1.82) is 0 Å². The van der Waals surface area contributed by atoms with Gasteiger partial charge >= 0.3 is 0 Å². The van der Waals surface area contributed by atoms with Crippen LogP contribution in [0.5, 0.6) is 0 Å². The van der Waals surface area contributed by atoms with Gasteiger partial charge in [-0.1, -0.05) is 45.4 Å². The topological polar surface area (TPSA) is 0 Å². The third kappa shape index (κ3) is 4.84. The fourth-order valence-electron chi connectivity index (χ4n) is 4.75. The van der Waals surface area contributed by atoms with Crippen LogP contribution in [0.2, 0.25) is 0 Å². The van der Waals surface area contributed by atoms with Crippen LogP contribution in [0.1, 0.15) is 99.5 Å². The molecule has 2 aliphatic carbocycles. The lowest BCUT2D eigenvalue weighted by Gasteiger charge is -2.38. The molecule has 0 aliphatic heterocycles. The van der Waals surface area contributed by atoms with Gasteiger partial charge in [0, 0.05) is 4.11 Å². The van der Waals surface area contributed by atoms with Gasteiger partial charge in [0.25, 0.3) is 0 Å². The molecule has 3 heteroatoms. The highest BCUT2D eigenvalue weighted by molar-refractivity contribution is 5.23. The van der Waals surface area contributed by atoms with E-state index in [-0.39, 0.29) is 11.5 Å². The molecule has 3 rings (SSSR count). The lowest BCUT2D eigenvalue weighted by Crippen LogP contribution is -2.25. The number of hydrogen-bond donors (Lipinski definition) is 0. The molecule has 146 valence electrons. The van der Waals surface area contributed by atoms with Crippen molar-refractivity contribution in [2.45, 2.75) is 89.8 Å². The summed E-state index contributed by atoms with van der Waals surface area (Å²) in [6.45, 7) is 2.22. The Morgan fingerprint density at radius 1 is 0.923 bits per heavy atom. The summed E-state index contributed by atoms with van der Waals surface area (Å²) in [5, 5.41) is 0. The Hall–Kier alpha value is -0.990. The van der Waals surface area contributed by atoms with Crippen molar-refractivity contribution in [3.8, 4) is 0 Å². The predicted molar refractivity (Wildman–Crippen MR) is 101 cm³/mol. The van der Waals surface area contributed by atoms with E-state index in [9.17, 15) is 13.2 Å². The minimum Gasteiger partial charge on any atom is -0.204 e. The Balaban J connectivity index is 1.65. The molecule has 0 amide bonds. The fraction of sp³-hybridized carbons (Fsp3) is 0.739. The third-order valence-corrected chi connectivity index (χ3v) is 6.41. The number of benzene rings is 1. The maximum atomic E-state index is 13.7. The predicted octanol–water partition coefficient (Wildman–Crippen LogP) is 7.76. The van der Waals surface area contributed by atoms with Crippen LogP contribution in [0.25, 0.3) is 0 Å². The van der Waals surface area contributed by atoms with Gasteiger partial charge in [-0.3, -0.25) is 0 Å². The molecule has 0 saturated heterocycles. The maximum absolute atomic E-state index is 13.7. The standard InChI is InChI=1S/C23H33F3/c1-2-3-4-5-16-6-8-17(9-7-16)18-10-12-19(13-11-18)20-14-21(24)23(26)22(25)15-20/h14-19H,2-13H2,1H3/i12D,13D2. The van der Waals surface area contributed by atoms with Crippen molar-refractivity contribution < 1.29 is 17.3 Å². The molecular weight excluding hydrogens is 333 g/mol. The minimum atomic E-state index is -1.73. The lowest BCUT2D eigenvalue weighted by atomic mass is 9.68. The molecule has 1 aromatic carbocycles. The van der Waals surface area contributed by atoms with Gasteiger partial charge in [0.05, 0.1) is 0 Å². The van der Waals surface area contributed by atoms with Gasteiger partial charge in [-0.05, 0) is 79.8 Å². The summed E-state index contributed by atoms with van der Waals surface area (Å²) in [4.78, 5) is 0. The van der Waals surface area contributed by atoms with Crippen LogP contribution < -0.4 is 0 Å². The summed E-state index contributed by atoms with van der Waals surface area (Å²) in [5.41, 5.74) is 0.0597. The highest BCUT2D eigenvalue weighted by Gasteiger charge is 2.31. The van der Waals surface area contributed by atoms with E-state index in [1.807, 2.05) is 0 Å². The van der Waals surface area contributed by atoms with Crippen LogP contribution in [0.4, 0.5) is 13.2 Å². The molecular formula is C23H33F3. The molecule has 26 heavy (non-hydrogen) atoms. The fourth-order valence-corrected chi connectivity index (χ4v) is 4.75. The Morgan fingerprint density at radius 3 is 2.19 bits per heavy atom. The normalized spacial score (nSPS) is 36.2. The number of rotatable bonds is 6. The molecule has 0 nitrogen and oxygen atoms in total. The van der Waals surface area contributed by atoms with Crippen molar-refractivity contribution in [3.63, 3.8) is 0 Å². The van der Waals surface area contributed by atoms with Crippen molar-refractivity contribution in [2.75, 3.05) is 0 Å². The van der Waals surface area contributed by atoms with Gasteiger partial charge in [0.1, 0.15) is 0 Å². The van der Waals surface area contributed by atoms with E-state index in [1.54, 1.807) is 0 Å². The molecule has 2 aliphatic rings. The van der Waals surface area contributed by atoms with Crippen LogP contribution in [-0.2, 0) is 0 Å². The average Bonchev–Trinajstić information content (AvgIpc) is 2.65. The summed E-state index contributed by atoms with van der Waals surface area (Å²) in [6, 6.07) is 1.73. The molecule has 3 unspecified atom stereocenters. The van der Waals surface area contributed by atoms with Crippen LogP contribution in [-0.4, -0.2) is 0 Å². The van der Waals surface area contributed by atoms with Gasteiger partial charge in [-0.2, -0.15) is 0 Å². The summed E-state index contributed by atoms with van der Waals surface area (Å²) in [7, 11) is 0. The van der Waals surface area contributed by atoms with Crippen molar-refractivity contribution in [1.82, 2.24) is 0 Å². The molecule has 0 radical (unpaired) electrons. The van der Waals surface area contributed by atoms with Crippen LogP contribution in [0, 0.1) is 35.2 Å². The van der Waals surface area contributed by atoms with Gasteiger partial charge in [0.15, 0.2) is 17.5 Å². The lowest BCUT2D eigenvalue weighted by molar-refractivity contribution is 0.155. The zero-order valence-corrected chi connectivity index (χ0v) is 15.7. The second-order valence-corrected chi connectivity index (χ2v) is 8.19. The molecule has 0 heterocycles. The Morgan fingerprint density at radius 2 is 1.58 bits per heavy atom. The molecule has 3 atom stereocenters. The van der Waals surface area contributed by atoms with Crippen molar-refractivity contribution >= 4 is 0 Å². The van der Waals surface area contributed by atoms with E-state index < -0.39 is 36.1 Å². The maximum Gasteiger partial charge on any atom is 0.194 e. The molecule has 0 spiro atoms. The van der Waals surface area contributed by atoms with E-state index in [4.69, 9.17) is 4.11 Å². The SMILES string of the molecule is [2H]C1CC(C2CCC(CCCCC)CC2)CC([2H])([2H])C1c1cc(F)c(F)c(F)c1. The first-order valence-corrected chi connectivity index (χ1v) is 10.3. The first-order chi connectivity index (χ1) is 13.7.